The van der Waals surface area contributed by atoms with Crippen LogP contribution in [0.25, 0.3) is 0 Å². The number of nitrogens with zero attached hydrogens (tertiary/aromatic N) is 2. The minimum absolute atomic E-state index is 0.0790. The lowest BCUT2D eigenvalue weighted by molar-refractivity contribution is -0.135. The molecule has 154 valence electrons. The predicted molar refractivity (Wildman–Crippen MR) is 112 cm³/mol. The monoisotopic (exact) mass is 424 g/mol. The van der Waals surface area contributed by atoms with E-state index in [-0.39, 0.29) is 24.3 Å². The molecule has 3 aromatic rings. The van der Waals surface area contributed by atoms with E-state index in [9.17, 15) is 9.59 Å². The summed E-state index contributed by atoms with van der Waals surface area (Å²) in [6, 6.07) is 12.1. The maximum atomic E-state index is 13.0. The molecule has 0 saturated carbocycles. The van der Waals surface area contributed by atoms with E-state index in [1.165, 1.54) is 19.0 Å². The Labute approximate surface area is 177 Å². The number of hydrogen-bond acceptors (Lipinski definition) is 7. The molecule has 1 atom stereocenters. The molecule has 30 heavy (non-hydrogen) atoms. The summed E-state index contributed by atoms with van der Waals surface area (Å²) in [6.07, 6.45) is 2.15. The van der Waals surface area contributed by atoms with Crippen LogP contribution < -0.4 is 9.47 Å². The summed E-state index contributed by atoms with van der Waals surface area (Å²) in [5, 5.41) is 7.95. The zero-order chi connectivity index (χ0) is 21.1. The van der Waals surface area contributed by atoms with Crippen molar-refractivity contribution in [3.8, 4) is 11.5 Å². The number of Topliss-reactive ketones (excluding diaryl/α,β-unsaturated/α-hetero) is 1. The molecular formula is C22H20N2O5S. The second-order valence-corrected chi connectivity index (χ2v) is 7.66. The quantitative estimate of drug-likeness (QED) is 0.528. The van der Waals surface area contributed by atoms with Crippen LogP contribution in [0.2, 0.25) is 0 Å². The van der Waals surface area contributed by atoms with Crippen molar-refractivity contribution in [2.75, 3.05) is 13.7 Å². The number of carbonyl (C=O) groups is 2. The molecule has 1 aliphatic heterocycles. The van der Waals surface area contributed by atoms with Crippen molar-refractivity contribution in [1.29, 1.82) is 0 Å². The molecule has 1 aromatic carbocycles. The molecule has 3 heterocycles. The molecule has 0 radical (unpaired) electrons. The van der Waals surface area contributed by atoms with Gasteiger partial charge in [-0.15, -0.1) is 11.3 Å². The van der Waals surface area contributed by atoms with Gasteiger partial charge in [0, 0.05) is 12.0 Å². The van der Waals surface area contributed by atoms with Crippen molar-refractivity contribution in [2.24, 2.45) is 5.10 Å². The second-order valence-electron chi connectivity index (χ2n) is 6.71. The summed E-state index contributed by atoms with van der Waals surface area (Å²) in [6.45, 7) is 1.25. The number of hydrazone groups is 1. The molecule has 4 rings (SSSR count). The molecule has 1 unspecified atom stereocenters. The first-order valence-electron chi connectivity index (χ1n) is 9.35. The third-order valence-electron chi connectivity index (χ3n) is 4.76. The normalized spacial score (nSPS) is 15.7. The van der Waals surface area contributed by atoms with Gasteiger partial charge in [0.15, 0.2) is 23.9 Å². The largest absolute Gasteiger partial charge is 0.493 e. The Balaban J connectivity index is 1.53. The highest BCUT2D eigenvalue weighted by Crippen LogP contribution is 2.34. The molecule has 0 aliphatic carbocycles. The van der Waals surface area contributed by atoms with Crippen LogP contribution in [0.5, 0.6) is 11.5 Å². The molecule has 0 saturated heterocycles. The first-order valence-corrected chi connectivity index (χ1v) is 10.2. The van der Waals surface area contributed by atoms with Crippen LogP contribution in [-0.2, 0) is 4.79 Å². The van der Waals surface area contributed by atoms with Crippen LogP contribution in [-0.4, -0.2) is 36.1 Å². The highest BCUT2D eigenvalue weighted by molar-refractivity contribution is 7.12. The molecule has 8 heteroatoms. The first kappa shape index (κ1) is 19.9. The molecule has 0 spiro atoms. The van der Waals surface area contributed by atoms with E-state index in [0.29, 0.717) is 29.2 Å². The topological polar surface area (TPSA) is 81.3 Å². The lowest BCUT2D eigenvalue weighted by Crippen LogP contribution is -2.31. The van der Waals surface area contributed by atoms with Crippen LogP contribution in [0.15, 0.2) is 63.6 Å². The van der Waals surface area contributed by atoms with E-state index in [1.54, 1.807) is 41.9 Å². The minimum atomic E-state index is -0.324. The van der Waals surface area contributed by atoms with Gasteiger partial charge in [-0.3, -0.25) is 9.59 Å². The molecule has 0 N–H and O–H groups in total. The molecular weight excluding hydrogens is 404 g/mol. The number of ether oxygens (including phenoxy) is 2. The Kier molecular flexibility index (Phi) is 5.67. The van der Waals surface area contributed by atoms with Gasteiger partial charge in [-0.25, -0.2) is 5.01 Å². The maximum Gasteiger partial charge on any atom is 0.281 e. The van der Waals surface area contributed by atoms with Gasteiger partial charge >= 0.3 is 0 Å². The number of ketones is 1. The summed E-state index contributed by atoms with van der Waals surface area (Å²) in [5.41, 5.74) is 1.34. The van der Waals surface area contributed by atoms with E-state index in [2.05, 4.69) is 5.10 Å². The van der Waals surface area contributed by atoms with E-state index < -0.39 is 0 Å². The molecule has 1 amide bonds. The Hall–Kier alpha value is -3.39. The standard InChI is InChI=1S/C22H20N2O5S/c1-14(25)15-7-8-19(20(11-15)27-2)29-13-22(26)24-17(18-5-3-9-28-18)12-16(23-24)21-6-4-10-30-21/h3-11,17H,12-13H2,1-2H3. The van der Waals surface area contributed by atoms with Gasteiger partial charge in [0.05, 0.1) is 24.0 Å². The lowest BCUT2D eigenvalue weighted by atomic mass is 10.1. The van der Waals surface area contributed by atoms with E-state index in [0.717, 1.165) is 10.6 Å². The third kappa shape index (κ3) is 3.99. The number of hydrogen-bond donors (Lipinski definition) is 0. The highest BCUT2D eigenvalue weighted by Gasteiger charge is 2.35. The van der Waals surface area contributed by atoms with E-state index >= 15 is 0 Å². The second kappa shape index (κ2) is 8.54. The van der Waals surface area contributed by atoms with E-state index in [1.807, 2.05) is 23.6 Å². The van der Waals surface area contributed by atoms with Gasteiger partial charge in [0.25, 0.3) is 5.91 Å². The average molecular weight is 424 g/mol. The van der Waals surface area contributed by atoms with Crippen LogP contribution in [0.1, 0.15) is 40.4 Å². The fraction of sp³-hybridized carbons (Fsp3) is 0.227. The number of furan rings is 1. The fourth-order valence-electron chi connectivity index (χ4n) is 3.25. The number of benzene rings is 1. The van der Waals surface area contributed by atoms with Gasteiger partial charge in [0.1, 0.15) is 11.8 Å². The smallest absolute Gasteiger partial charge is 0.281 e. The molecule has 1 aliphatic rings. The van der Waals surface area contributed by atoms with Gasteiger partial charge in [-0.2, -0.15) is 5.10 Å². The van der Waals surface area contributed by atoms with Crippen LogP contribution in [0.3, 0.4) is 0 Å². The molecule has 0 bridgehead atoms. The molecule has 7 nitrogen and oxygen atoms in total. The van der Waals surface area contributed by atoms with Crippen molar-refractivity contribution in [3.63, 3.8) is 0 Å². The van der Waals surface area contributed by atoms with Crippen molar-refractivity contribution in [2.45, 2.75) is 19.4 Å². The third-order valence-corrected chi connectivity index (χ3v) is 5.68. The van der Waals surface area contributed by atoms with Gasteiger partial charge in [-0.05, 0) is 48.7 Å². The van der Waals surface area contributed by atoms with Crippen molar-refractivity contribution < 1.29 is 23.5 Å². The number of amides is 1. The van der Waals surface area contributed by atoms with Crippen LogP contribution >= 0.6 is 11.3 Å². The van der Waals surface area contributed by atoms with Crippen LogP contribution in [0.4, 0.5) is 0 Å². The van der Waals surface area contributed by atoms with Gasteiger partial charge < -0.3 is 13.9 Å². The Morgan fingerprint density at radius 2 is 2.10 bits per heavy atom. The minimum Gasteiger partial charge on any atom is -0.493 e. The fourth-order valence-corrected chi connectivity index (χ4v) is 3.97. The molecule has 0 fully saturated rings. The zero-order valence-corrected chi connectivity index (χ0v) is 17.3. The summed E-state index contributed by atoms with van der Waals surface area (Å²) >= 11 is 1.58. The Bertz CT molecular complexity index is 1070. The van der Waals surface area contributed by atoms with Crippen molar-refractivity contribution in [1.82, 2.24) is 5.01 Å². The summed E-state index contributed by atoms with van der Waals surface area (Å²) in [4.78, 5) is 25.6. The van der Waals surface area contributed by atoms with Crippen LogP contribution in [0, 0.1) is 0 Å². The summed E-state index contributed by atoms with van der Waals surface area (Å²) < 4.78 is 16.5. The zero-order valence-electron chi connectivity index (χ0n) is 16.5. The Morgan fingerprint density at radius 3 is 2.77 bits per heavy atom. The first-order chi connectivity index (χ1) is 14.6. The number of carbonyl (C=O) groups excluding carboxylic acids is 2. The van der Waals surface area contributed by atoms with Crippen molar-refractivity contribution >= 4 is 28.7 Å². The number of thiophene rings is 1. The lowest BCUT2D eigenvalue weighted by Gasteiger charge is -2.20. The molecule has 2 aromatic heterocycles. The SMILES string of the molecule is COc1cc(C(C)=O)ccc1OCC(=O)N1N=C(c2cccs2)CC1c1ccco1. The number of rotatable bonds is 7. The van der Waals surface area contributed by atoms with E-state index in [4.69, 9.17) is 13.9 Å². The summed E-state index contributed by atoms with van der Waals surface area (Å²) in [5.74, 6) is 1.06. The Morgan fingerprint density at radius 1 is 1.23 bits per heavy atom. The number of methoxy groups -OCH3 is 1. The van der Waals surface area contributed by atoms with Gasteiger partial charge in [0.2, 0.25) is 0 Å². The predicted octanol–water partition coefficient (Wildman–Crippen LogP) is 4.31. The average Bonchev–Trinajstić information content (AvgIpc) is 3.51. The van der Waals surface area contributed by atoms with Crippen molar-refractivity contribution in [3.05, 3.63) is 70.3 Å². The summed E-state index contributed by atoms with van der Waals surface area (Å²) in [7, 11) is 1.49. The van der Waals surface area contributed by atoms with Gasteiger partial charge in [-0.1, -0.05) is 6.07 Å². The maximum absolute atomic E-state index is 13.0. The highest BCUT2D eigenvalue weighted by atomic mass is 32.1.